The van der Waals surface area contributed by atoms with Gasteiger partial charge in [0.15, 0.2) is 0 Å². The molecule has 0 saturated carbocycles. The van der Waals surface area contributed by atoms with Gasteiger partial charge in [-0.15, -0.1) is 0 Å². The quantitative estimate of drug-likeness (QED) is 0.648. The Labute approximate surface area is 136 Å². The largest absolute Gasteiger partial charge is 0.307 e. The summed E-state index contributed by atoms with van der Waals surface area (Å²) in [5, 5.41) is 3.64. The van der Waals surface area contributed by atoms with Crippen molar-refractivity contribution in [1.82, 2.24) is 5.32 Å². The summed E-state index contributed by atoms with van der Waals surface area (Å²) < 4.78 is 14.0. The molecule has 1 aromatic carbocycles. The Hall–Kier alpha value is -0.670. The molecule has 1 aromatic rings. The van der Waals surface area contributed by atoms with Crippen LogP contribution in [0.15, 0.2) is 34.3 Å². The molecular weight excluding hydrogens is 329 g/mol. The predicted molar refractivity (Wildman–Crippen MR) is 90.9 cm³/mol. The van der Waals surface area contributed by atoms with E-state index in [1.54, 1.807) is 6.07 Å². The zero-order chi connectivity index (χ0) is 15.1. The molecule has 0 heterocycles. The lowest BCUT2D eigenvalue weighted by atomic mass is 9.91. The Balaban J connectivity index is 2.25. The molecule has 2 rings (SSSR count). The summed E-state index contributed by atoms with van der Waals surface area (Å²) in [5.41, 5.74) is 2.63. The summed E-state index contributed by atoms with van der Waals surface area (Å²) in [6.45, 7) is 3.16. The van der Waals surface area contributed by atoms with E-state index in [2.05, 4.69) is 34.2 Å². The first-order chi connectivity index (χ1) is 10.2. The summed E-state index contributed by atoms with van der Waals surface area (Å²) in [6, 6.07) is 5.61. The van der Waals surface area contributed by atoms with Crippen LogP contribution in [0.5, 0.6) is 0 Å². The maximum atomic E-state index is 13.5. The Morgan fingerprint density at radius 3 is 2.81 bits per heavy atom. The van der Waals surface area contributed by atoms with E-state index < -0.39 is 0 Å². The molecule has 0 spiro atoms. The first-order valence-electron chi connectivity index (χ1n) is 8.09. The first-order valence-corrected chi connectivity index (χ1v) is 8.89. The van der Waals surface area contributed by atoms with Gasteiger partial charge in [-0.2, -0.15) is 0 Å². The van der Waals surface area contributed by atoms with Crippen LogP contribution in [0.1, 0.15) is 63.5 Å². The van der Waals surface area contributed by atoms with E-state index in [4.69, 9.17) is 0 Å². The van der Waals surface area contributed by atoms with Crippen LogP contribution in [0.25, 0.3) is 0 Å². The average Bonchev–Trinajstić information content (AvgIpc) is 2.44. The molecule has 1 unspecified atom stereocenters. The number of hydrogen-bond donors (Lipinski definition) is 1. The summed E-state index contributed by atoms with van der Waals surface area (Å²) in [5.74, 6) is -0.195. The third-order valence-corrected chi connectivity index (χ3v) is 4.68. The van der Waals surface area contributed by atoms with Gasteiger partial charge >= 0.3 is 0 Å². The molecule has 1 N–H and O–H groups in total. The topological polar surface area (TPSA) is 12.0 Å². The smallest absolute Gasteiger partial charge is 0.137 e. The normalized spacial score (nSPS) is 20.2. The minimum Gasteiger partial charge on any atom is -0.307 e. The maximum Gasteiger partial charge on any atom is 0.137 e. The van der Waals surface area contributed by atoms with E-state index in [1.807, 2.05) is 12.1 Å². The highest BCUT2D eigenvalue weighted by molar-refractivity contribution is 9.10. The SMILES string of the molecule is CCCNC(/C1=C/CCCCCC1)c1ccc(F)c(Br)c1. The summed E-state index contributed by atoms with van der Waals surface area (Å²) >= 11 is 3.31. The number of halogens is 2. The Morgan fingerprint density at radius 1 is 1.24 bits per heavy atom. The molecule has 0 saturated heterocycles. The Kier molecular flexibility index (Phi) is 6.91. The maximum absolute atomic E-state index is 13.5. The third-order valence-electron chi connectivity index (χ3n) is 4.07. The molecule has 0 bridgehead atoms. The lowest BCUT2D eigenvalue weighted by Crippen LogP contribution is -2.24. The van der Waals surface area contributed by atoms with Gasteiger partial charge in [-0.05, 0) is 72.3 Å². The van der Waals surface area contributed by atoms with Crippen LogP contribution in [0, 0.1) is 5.82 Å². The van der Waals surface area contributed by atoms with E-state index >= 15 is 0 Å². The molecule has 0 radical (unpaired) electrons. The fourth-order valence-corrected chi connectivity index (χ4v) is 3.32. The minimum atomic E-state index is -0.195. The van der Waals surface area contributed by atoms with E-state index in [9.17, 15) is 4.39 Å². The van der Waals surface area contributed by atoms with Crippen LogP contribution in [-0.2, 0) is 0 Å². The van der Waals surface area contributed by atoms with Crippen molar-refractivity contribution in [3.05, 3.63) is 45.7 Å². The van der Waals surface area contributed by atoms with Crippen LogP contribution in [0.4, 0.5) is 4.39 Å². The fourth-order valence-electron chi connectivity index (χ4n) is 2.92. The molecule has 1 aliphatic rings. The summed E-state index contributed by atoms with van der Waals surface area (Å²) in [6.07, 6.45) is 11.0. The molecule has 1 atom stereocenters. The number of hydrogen-bond acceptors (Lipinski definition) is 1. The van der Waals surface area contributed by atoms with Crippen LogP contribution in [0.3, 0.4) is 0 Å². The summed E-state index contributed by atoms with van der Waals surface area (Å²) in [4.78, 5) is 0. The van der Waals surface area contributed by atoms with E-state index in [-0.39, 0.29) is 11.9 Å². The van der Waals surface area contributed by atoms with Crippen LogP contribution < -0.4 is 5.32 Å². The number of rotatable bonds is 5. The average molecular weight is 354 g/mol. The molecule has 0 aromatic heterocycles. The van der Waals surface area contributed by atoms with Gasteiger partial charge in [0.05, 0.1) is 10.5 Å². The van der Waals surface area contributed by atoms with E-state index in [0.29, 0.717) is 4.47 Å². The number of allylic oxidation sites excluding steroid dienone is 1. The zero-order valence-corrected chi connectivity index (χ0v) is 14.4. The summed E-state index contributed by atoms with van der Waals surface area (Å²) in [7, 11) is 0. The zero-order valence-electron chi connectivity index (χ0n) is 12.8. The molecule has 0 amide bonds. The first kappa shape index (κ1) is 16.7. The van der Waals surface area contributed by atoms with Crippen molar-refractivity contribution < 1.29 is 4.39 Å². The van der Waals surface area contributed by atoms with Crippen molar-refractivity contribution >= 4 is 15.9 Å². The van der Waals surface area contributed by atoms with Gasteiger partial charge in [0.1, 0.15) is 5.82 Å². The number of nitrogens with one attached hydrogen (secondary N) is 1. The van der Waals surface area contributed by atoms with Crippen molar-refractivity contribution in [2.24, 2.45) is 0 Å². The van der Waals surface area contributed by atoms with Crippen molar-refractivity contribution in [3.63, 3.8) is 0 Å². The molecule has 1 nitrogen and oxygen atoms in total. The van der Waals surface area contributed by atoms with Crippen LogP contribution >= 0.6 is 15.9 Å². The lowest BCUT2D eigenvalue weighted by Gasteiger charge is -2.24. The highest BCUT2D eigenvalue weighted by Gasteiger charge is 2.17. The van der Waals surface area contributed by atoms with Gasteiger partial charge in [0.25, 0.3) is 0 Å². The monoisotopic (exact) mass is 353 g/mol. The van der Waals surface area contributed by atoms with Crippen LogP contribution in [-0.4, -0.2) is 6.54 Å². The highest BCUT2D eigenvalue weighted by Crippen LogP contribution is 2.31. The van der Waals surface area contributed by atoms with Crippen molar-refractivity contribution in [2.75, 3.05) is 6.54 Å². The van der Waals surface area contributed by atoms with Gasteiger partial charge in [0, 0.05) is 0 Å². The third kappa shape index (κ3) is 4.93. The van der Waals surface area contributed by atoms with Crippen LogP contribution in [0.2, 0.25) is 0 Å². The van der Waals surface area contributed by atoms with Gasteiger partial charge in [0.2, 0.25) is 0 Å². The lowest BCUT2D eigenvalue weighted by molar-refractivity contribution is 0.539. The molecule has 21 heavy (non-hydrogen) atoms. The molecular formula is C18H25BrFN. The van der Waals surface area contributed by atoms with Crippen molar-refractivity contribution in [1.29, 1.82) is 0 Å². The Morgan fingerprint density at radius 2 is 2.05 bits per heavy atom. The van der Waals surface area contributed by atoms with Gasteiger partial charge < -0.3 is 5.32 Å². The Bertz CT molecular complexity index is 484. The molecule has 3 heteroatoms. The second-order valence-electron chi connectivity index (χ2n) is 5.79. The van der Waals surface area contributed by atoms with E-state index in [1.165, 1.54) is 37.7 Å². The minimum absolute atomic E-state index is 0.195. The second-order valence-corrected chi connectivity index (χ2v) is 6.65. The molecule has 1 aliphatic carbocycles. The molecule has 0 fully saturated rings. The van der Waals surface area contributed by atoms with Gasteiger partial charge in [-0.1, -0.05) is 37.5 Å². The predicted octanol–water partition coefficient (Wildman–Crippen LogP) is 5.91. The van der Waals surface area contributed by atoms with E-state index in [0.717, 1.165) is 24.9 Å². The van der Waals surface area contributed by atoms with Crippen molar-refractivity contribution in [3.8, 4) is 0 Å². The fraction of sp³-hybridized carbons (Fsp3) is 0.556. The van der Waals surface area contributed by atoms with Crippen molar-refractivity contribution in [2.45, 2.75) is 57.9 Å². The van der Waals surface area contributed by atoms with Gasteiger partial charge in [-0.25, -0.2) is 4.39 Å². The standard InChI is InChI=1S/C18H25BrFN/c1-2-12-21-18(14-8-6-4-3-5-7-9-14)15-10-11-17(20)16(19)13-15/h8,10-11,13,18,21H,2-7,9,12H2,1H3/b14-8+. The second kappa shape index (κ2) is 8.70. The number of benzene rings is 1. The highest BCUT2D eigenvalue weighted by atomic mass is 79.9. The molecule has 116 valence electrons. The molecule has 0 aliphatic heterocycles. The van der Waals surface area contributed by atoms with Gasteiger partial charge in [-0.3, -0.25) is 0 Å².